The average Bonchev–Trinajstić information content (AvgIpc) is 3.46. The first kappa shape index (κ1) is 26.2. The van der Waals surface area contributed by atoms with Crippen LogP contribution >= 0.6 is 11.8 Å². The van der Waals surface area contributed by atoms with Crippen LogP contribution < -0.4 is 30.4 Å². The molecular formula is C30H34N6O4S. The first-order chi connectivity index (χ1) is 20.1. The normalized spacial score (nSPS) is 21.0. The Morgan fingerprint density at radius 3 is 2.88 bits per heavy atom. The average molecular weight is 575 g/mol. The zero-order chi connectivity index (χ0) is 27.9. The van der Waals surface area contributed by atoms with Gasteiger partial charge in [0.2, 0.25) is 6.79 Å². The van der Waals surface area contributed by atoms with Gasteiger partial charge in [0.15, 0.2) is 16.9 Å². The van der Waals surface area contributed by atoms with E-state index in [1.807, 2.05) is 37.6 Å². The Morgan fingerprint density at radius 2 is 2.12 bits per heavy atom. The third-order valence-corrected chi connectivity index (χ3v) is 9.47. The largest absolute Gasteiger partial charge is 0.454 e. The van der Waals surface area contributed by atoms with Gasteiger partial charge in [-0.05, 0) is 55.0 Å². The van der Waals surface area contributed by atoms with E-state index in [9.17, 15) is 4.79 Å². The number of hydrogen-bond acceptors (Lipinski definition) is 10. The van der Waals surface area contributed by atoms with E-state index in [-0.39, 0.29) is 24.5 Å². The number of ether oxygens (including phenoxy) is 3. The number of anilines is 2. The van der Waals surface area contributed by atoms with E-state index in [1.165, 1.54) is 5.57 Å². The van der Waals surface area contributed by atoms with E-state index in [0.717, 1.165) is 66.0 Å². The lowest BCUT2D eigenvalue weighted by Crippen LogP contribution is -2.49. The lowest BCUT2D eigenvalue weighted by molar-refractivity contribution is 0.121. The van der Waals surface area contributed by atoms with E-state index in [4.69, 9.17) is 14.2 Å². The van der Waals surface area contributed by atoms with Crippen molar-refractivity contribution >= 4 is 34.2 Å². The maximum Gasteiger partial charge on any atom is 0.231 e. The first-order valence-electron chi connectivity index (χ1n) is 14.0. The molecule has 2 aromatic heterocycles. The maximum atomic E-state index is 14.1. The predicted octanol–water partition coefficient (Wildman–Crippen LogP) is 3.72. The molecule has 10 nitrogen and oxygen atoms in total. The third kappa shape index (κ3) is 4.92. The molecule has 2 unspecified atom stereocenters. The van der Waals surface area contributed by atoms with Crippen molar-refractivity contribution in [3.05, 3.63) is 70.2 Å². The Balaban J connectivity index is 1.23. The minimum Gasteiger partial charge on any atom is -0.454 e. The summed E-state index contributed by atoms with van der Waals surface area (Å²) >= 11 is 1.74. The highest BCUT2D eigenvalue weighted by Crippen LogP contribution is 2.41. The Bertz CT molecular complexity index is 1590. The monoisotopic (exact) mass is 574 g/mol. The number of thioether (sulfide) groups is 1. The fraction of sp³-hybridized carbons (Fsp3) is 0.400. The number of pyridine rings is 2. The molecule has 0 radical (unpaired) electrons. The Kier molecular flexibility index (Phi) is 7.01. The molecule has 11 heteroatoms. The lowest BCUT2D eigenvalue weighted by atomic mass is 10.0. The molecule has 0 spiro atoms. The Hall–Kier alpha value is -3.67. The molecule has 1 saturated heterocycles. The fourth-order valence-electron chi connectivity index (χ4n) is 6.11. The van der Waals surface area contributed by atoms with Crippen molar-refractivity contribution in [3.8, 4) is 11.5 Å². The van der Waals surface area contributed by atoms with E-state index in [1.54, 1.807) is 18.9 Å². The van der Waals surface area contributed by atoms with Gasteiger partial charge >= 0.3 is 0 Å². The number of benzene rings is 1. The molecule has 41 heavy (non-hydrogen) atoms. The van der Waals surface area contributed by atoms with Crippen molar-refractivity contribution in [2.75, 3.05) is 50.8 Å². The summed E-state index contributed by atoms with van der Waals surface area (Å²) in [6, 6.07) is 8.22. The smallest absolute Gasteiger partial charge is 0.231 e. The molecule has 6 heterocycles. The van der Waals surface area contributed by atoms with Gasteiger partial charge in [-0.25, -0.2) is 4.98 Å². The van der Waals surface area contributed by atoms with Gasteiger partial charge in [-0.1, -0.05) is 11.8 Å². The minimum absolute atomic E-state index is 0.0749. The van der Waals surface area contributed by atoms with Crippen LogP contribution in [0.2, 0.25) is 0 Å². The summed E-state index contributed by atoms with van der Waals surface area (Å²) in [5.41, 5.74) is 4.13. The second-order valence-electron chi connectivity index (χ2n) is 10.7. The number of fused-ring (bicyclic) bond motifs is 4. The first-order valence-corrected chi connectivity index (χ1v) is 15.0. The molecule has 2 atom stereocenters. The minimum atomic E-state index is -0.163. The summed E-state index contributed by atoms with van der Waals surface area (Å²) < 4.78 is 19.0. The second-order valence-corrected chi connectivity index (χ2v) is 11.7. The summed E-state index contributed by atoms with van der Waals surface area (Å²) in [7, 11) is 3.58. The van der Waals surface area contributed by atoms with Crippen molar-refractivity contribution in [2.45, 2.75) is 42.6 Å². The number of aromatic nitrogens is 2. The summed E-state index contributed by atoms with van der Waals surface area (Å²) in [6.07, 6.45) is 10.1. The molecule has 2 N–H and O–H groups in total. The number of rotatable bonds is 8. The number of nitrogens with zero attached hydrogens (tertiary/aromatic N) is 4. The van der Waals surface area contributed by atoms with Gasteiger partial charge in [-0.2, -0.15) is 0 Å². The number of dihydropyridines is 1. The zero-order valence-corrected chi connectivity index (χ0v) is 24.1. The van der Waals surface area contributed by atoms with Gasteiger partial charge in [-0.3, -0.25) is 9.69 Å². The number of piperidine rings is 1. The van der Waals surface area contributed by atoms with Crippen LogP contribution in [-0.2, 0) is 17.2 Å². The highest BCUT2D eigenvalue weighted by atomic mass is 32.2. The van der Waals surface area contributed by atoms with Crippen LogP contribution in [0.1, 0.15) is 18.4 Å². The SMILES string of the molecule is CNc1ccc(N2CCCC(N(CC3=CC(OC)NC=C3)Cc3c4n(c5cc6c(cc5c3=O)OCO6)CS4)C2)cn1. The van der Waals surface area contributed by atoms with Crippen molar-refractivity contribution < 1.29 is 14.2 Å². The topological polar surface area (TPSA) is 93.1 Å². The van der Waals surface area contributed by atoms with Crippen LogP contribution in [0.3, 0.4) is 0 Å². The lowest BCUT2D eigenvalue weighted by Gasteiger charge is -2.41. The molecular weight excluding hydrogens is 540 g/mol. The molecule has 4 aliphatic heterocycles. The maximum absolute atomic E-state index is 14.1. The van der Waals surface area contributed by atoms with Gasteiger partial charge in [0.05, 0.1) is 33.7 Å². The number of methoxy groups -OCH3 is 1. The molecule has 0 bridgehead atoms. The third-order valence-electron chi connectivity index (χ3n) is 8.34. The molecule has 7 rings (SSSR count). The van der Waals surface area contributed by atoms with Crippen LogP contribution in [0.25, 0.3) is 10.9 Å². The molecule has 1 fully saturated rings. The molecule has 0 amide bonds. The van der Waals surface area contributed by atoms with Crippen molar-refractivity contribution in [1.29, 1.82) is 0 Å². The van der Waals surface area contributed by atoms with E-state index >= 15 is 0 Å². The Labute approximate surface area is 243 Å². The van der Waals surface area contributed by atoms with E-state index in [0.29, 0.717) is 23.4 Å². The fourth-order valence-corrected chi connectivity index (χ4v) is 7.06. The predicted molar refractivity (Wildman–Crippen MR) is 161 cm³/mol. The van der Waals surface area contributed by atoms with E-state index in [2.05, 4.69) is 48.2 Å². The molecule has 4 aliphatic rings. The van der Waals surface area contributed by atoms with Gasteiger partial charge in [0, 0.05) is 58.0 Å². The van der Waals surface area contributed by atoms with Gasteiger partial charge in [-0.15, -0.1) is 0 Å². The quantitative estimate of drug-likeness (QED) is 0.415. The molecule has 0 saturated carbocycles. The molecule has 1 aromatic carbocycles. The summed E-state index contributed by atoms with van der Waals surface area (Å²) in [4.78, 5) is 23.5. The van der Waals surface area contributed by atoms with E-state index < -0.39 is 0 Å². The summed E-state index contributed by atoms with van der Waals surface area (Å²) in [6.45, 7) is 3.33. The van der Waals surface area contributed by atoms with Crippen LogP contribution in [0.5, 0.6) is 11.5 Å². The molecule has 214 valence electrons. The van der Waals surface area contributed by atoms with Crippen molar-refractivity contribution in [3.63, 3.8) is 0 Å². The van der Waals surface area contributed by atoms with Crippen LogP contribution in [0.15, 0.2) is 64.2 Å². The Morgan fingerprint density at radius 1 is 1.24 bits per heavy atom. The van der Waals surface area contributed by atoms with Crippen LogP contribution in [-0.4, -0.2) is 67.3 Å². The highest BCUT2D eigenvalue weighted by molar-refractivity contribution is 7.99. The molecule has 3 aromatic rings. The van der Waals surface area contributed by atoms with Crippen molar-refractivity contribution in [2.24, 2.45) is 0 Å². The molecule has 0 aliphatic carbocycles. The summed E-state index contributed by atoms with van der Waals surface area (Å²) in [5, 5.41) is 8.06. The second kappa shape index (κ2) is 11.0. The zero-order valence-electron chi connectivity index (χ0n) is 23.3. The van der Waals surface area contributed by atoms with Gasteiger partial charge in [0.1, 0.15) is 12.0 Å². The van der Waals surface area contributed by atoms with Crippen LogP contribution in [0.4, 0.5) is 11.5 Å². The number of nitrogens with one attached hydrogen (secondary N) is 2. The van der Waals surface area contributed by atoms with Gasteiger partial charge in [0.25, 0.3) is 0 Å². The highest BCUT2D eigenvalue weighted by Gasteiger charge is 2.31. The van der Waals surface area contributed by atoms with Gasteiger partial charge < -0.3 is 34.3 Å². The standard InChI is InChI=1S/C30H34N6O4S/c1-31-27-6-5-20(13-33-27)34-9-3-4-21(15-34)35(14-19-7-8-32-28(10-19)38-2)16-23-29(37)22-11-25-26(40-18-39-25)12-24(22)36-17-41-30(23)36/h5-8,10-13,21,28,32H,3-4,9,14-18H2,1-2H3,(H,31,33). The van der Waals surface area contributed by atoms with Crippen molar-refractivity contribution in [1.82, 2.24) is 19.8 Å². The summed E-state index contributed by atoms with van der Waals surface area (Å²) in [5.74, 6) is 3.02. The number of hydrogen-bond donors (Lipinski definition) is 2. The van der Waals surface area contributed by atoms with Crippen LogP contribution in [0, 0.1) is 0 Å².